The lowest BCUT2D eigenvalue weighted by atomic mass is 10.4. The molecule has 0 aliphatic heterocycles. The minimum Gasteiger partial charge on any atom is -0.427 e. The molecule has 0 atom stereocenters. The summed E-state index contributed by atoms with van der Waals surface area (Å²) in [5.74, 6) is 0. The van der Waals surface area contributed by atoms with Crippen molar-refractivity contribution in [2.24, 2.45) is 0 Å². The Morgan fingerprint density at radius 1 is 0.350 bits per heavy atom. The van der Waals surface area contributed by atoms with Crippen LogP contribution in [0.5, 0.6) is 0 Å². The van der Waals surface area contributed by atoms with Crippen molar-refractivity contribution in [3.63, 3.8) is 0 Å². The smallest absolute Gasteiger partial charge is 0.0623 e. The Kier molecular flexibility index (Phi) is 41.9. The molecule has 0 bridgehead atoms. The van der Waals surface area contributed by atoms with Gasteiger partial charge in [0.05, 0.1) is 0 Å². The Labute approximate surface area is 137 Å². The molecule has 2 aromatic rings. The summed E-state index contributed by atoms with van der Waals surface area (Å²) in [5, 5.41) is 0. The van der Waals surface area contributed by atoms with Gasteiger partial charge in [-0.3, -0.25) is 0 Å². The van der Waals surface area contributed by atoms with Gasteiger partial charge in [0, 0.05) is 0 Å². The van der Waals surface area contributed by atoms with E-state index in [0.717, 1.165) is 0 Å². The predicted molar refractivity (Wildman–Crippen MR) is 87.6 cm³/mol. The zero-order chi connectivity index (χ0) is 13.9. The van der Waals surface area contributed by atoms with E-state index >= 15 is 0 Å². The normalized spacial score (nSPS) is 6.40. The predicted octanol–water partition coefficient (Wildman–Crippen LogP) is 3.20. The van der Waals surface area contributed by atoms with Gasteiger partial charge in [-0.25, -0.2) is 0 Å². The van der Waals surface area contributed by atoms with Crippen LogP contribution in [-0.2, 0) is 40.0 Å². The summed E-state index contributed by atoms with van der Waals surface area (Å²) in [6.45, 7) is 0. The maximum Gasteiger partial charge on any atom is -0.0623 e. The summed E-state index contributed by atoms with van der Waals surface area (Å²) in [6, 6.07) is 24.0. The first kappa shape index (κ1) is 27.3. The molecule has 0 unspecified atom stereocenters. The average molecular weight is 359 g/mol. The van der Waals surface area contributed by atoms with Crippen molar-refractivity contribution in [1.29, 1.82) is 0 Å². The van der Waals surface area contributed by atoms with Crippen LogP contribution in [0.25, 0.3) is 0 Å². The van der Waals surface area contributed by atoms with Crippen LogP contribution in [-0.4, -0.2) is 0 Å². The van der Waals surface area contributed by atoms with Crippen molar-refractivity contribution >= 4 is 48.0 Å². The molecule has 0 spiro atoms. The summed E-state index contributed by atoms with van der Waals surface area (Å²) >= 11 is -2.17. The van der Waals surface area contributed by atoms with E-state index in [0.29, 0.717) is 0 Å². The van der Waals surface area contributed by atoms with Gasteiger partial charge in [0.25, 0.3) is 0 Å². The second kappa shape index (κ2) is 30.7. The van der Waals surface area contributed by atoms with Gasteiger partial charge in [-0.1, -0.05) is 95.9 Å². The monoisotopic (exact) mass is 358 g/mol. The van der Waals surface area contributed by atoms with Crippen LogP contribution in [0.15, 0.2) is 72.8 Å². The Hall–Kier alpha value is -1.08. The zero-order valence-electron chi connectivity index (χ0n) is 10.3. The molecule has 0 radical (unpaired) electrons. The van der Waals surface area contributed by atoms with E-state index in [9.17, 15) is 0 Å². The van der Waals surface area contributed by atoms with Crippen molar-refractivity contribution in [2.75, 3.05) is 0 Å². The van der Waals surface area contributed by atoms with Gasteiger partial charge in [0.15, 0.2) is 0 Å². The fourth-order valence-corrected chi connectivity index (χ4v) is 0.770. The largest absolute Gasteiger partial charge is 0.427 e. The highest BCUT2D eigenvalue weighted by atomic mass is 35.5. The molecule has 0 aliphatic carbocycles. The van der Waals surface area contributed by atoms with Crippen LogP contribution < -0.4 is 0 Å². The van der Waals surface area contributed by atoms with Crippen molar-refractivity contribution in [3.05, 3.63) is 72.8 Å². The fourth-order valence-electron chi connectivity index (χ4n) is 0.770. The van der Waals surface area contributed by atoms with Crippen LogP contribution in [0.3, 0.4) is 0 Å². The lowest BCUT2D eigenvalue weighted by Crippen LogP contribution is -1.47. The molecule has 20 heavy (non-hydrogen) atoms. The van der Waals surface area contributed by atoms with Crippen LogP contribution in [0.1, 0.15) is 0 Å². The van der Waals surface area contributed by atoms with Gasteiger partial charge in [-0.05, 0) is 0 Å². The topological polar surface area (TPSA) is 68.3 Å². The number of halogens is 2. The van der Waals surface area contributed by atoms with Gasteiger partial charge in [0.2, 0.25) is 0 Å². The first-order chi connectivity index (χ1) is 8.83. The molecule has 0 heterocycles. The molecule has 0 aromatic heterocycles. The quantitative estimate of drug-likeness (QED) is 0.535. The number of hydrogen-bond acceptors (Lipinski definition) is 6. The van der Waals surface area contributed by atoms with E-state index in [1.165, 1.54) is 0 Å². The number of rotatable bonds is 0. The van der Waals surface area contributed by atoms with E-state index in [4.69, 9.17) is 16.8 Å². The highest BCUT2D eigenvalue weighted by Crippen LogP contribution is 1.80. The molecule has 8 heteroatoms. The fraction of sp³-hybridized carbons (Fsp3) is 0. The van der Waals surface area contributed by atoms with Crippen molar-refractivity contribution in [3.8, 4) is 0 Å². The Balaban J connectivity index is -0.0000000874. The second-order valence-electron chi connectivity index (χ2n) is 2.46. The third-order valence-corrected chi connectivity index (χ3v) is 1.33. The highest BCUT2D eigenvalue weighted by molar-refractivity contribution is 7.51. The number of hydrogen-bond donors (Lipinski definition) is 0. The van der Waals surface area contributed by atoms with Crippen LogP contribution in [0, 0.1) is 0 Å². The van der Waals surface area contributed by atoms with Crippen LogP contribution >= 0.6 is 24.8 Å². The van der Waals surface area contributed by atoms with E-state index < -0.39 is 23.1 Å². The van der Waals surface area contributed by atoms with E-state index in [1.807, 2.05) is 72.8 Å². The molecule has 0 saturated heterocycles. The average Bonchev–Trinajstić information content (AvgIpc) is 2.45. The molecule has 0 aliphatic rings. The molecule has 4 nitrogen and oxygen atoms in total. The van der Waals surface area contributed by atoms with Gasteiger partial charge in [-0.2, -0.15) is 0 Å². The Morgan fingerprint density at radius 3 is 0.450 bits per heavy atom. The van der Waals surface area contributed by atoms with Gasteiger partial charge >= 0.3 is 0 Å². The molecule has 0 amide bonds. The summed E-state index contributed by atoms with van der Waals surface area (Å²) < 4.78 is 33.4. The first-order valence-electron chi connectivity index (χ1n) is 4.73. The Bertz CT molecular complexity index is 335. The van der Waals surface area contributed by atoms with Gasteiger partial charge in [-0.15, -0.1) is 24.8 Å². The van der Waals surface area contributed by atoms with Crippen molar-refractivity contribution in [1.82, 2.24) is 0 Å². The van der Waals surface area contributed by atoms with Crippen LogP contribution in [0.2, 0.25) is 0 Å². The molecule has 0 fully saturated rings. The third kappa shape index (κ3) is 36.0. The van der Waals surface area contributed by atoms with Crippen LogP contribution in [0.4, 0.5) is 0 Å². The minimum absolute atomic E-state index is 0. The number of thiol groups is 2. The van der Waals surface area contributed by atoms with E-state index in [2.05, 4.69) is 0 Å². The summed E-state index contributed by atoms with van der Waals surface area (Å²) in [6.07, 6.45) is 0. The van der Waals surface area contributed by atoms with Crippen molar-refractivity contribution < 1.29 is 16.8 Å². The third-order valence-electron chi connectivity index (χ3n) is 1.33. The standard InChI is InChI=1S/2C6H6.2ClH.2HO2S/c2*1-2-4-6-5-3-1;;;2*1-3-2/h2*1-6H;2*1H;2*3H/q;;;;2*-1. The lowest BCUT2D eigenvalue weighted by Gasteiger charge is -1.69. The molecular weight excluding hydrogens is 343 g/mol. The molecule has 0 N–H and O–H groups in total. The van der Waals surface area contributed by atoms with E-state index in [1.54, 1.807) is 0 Å². The lowest BCUT2D eigenvalue weighted by molar-refractivity contribution is 0.539. The second-order valence-corrected chi connectivity index (χ2v) is 2.76. The van der Waals surface area contributed by atoms with Gasteiger partial charge < -0.3 is 16.8 Å². The Morgan fingerprint density at radius 2 is 0.400 bits per heavy atom. The maximum absolute atomic E-state index is 8.35. The highest BCUT2D eigenvalue weighted by Gasteiger charge is 1.58. The van der Waals surface area contributed by atoms with Gasteiger partial charge in [0.1, 0.15) is 0 Å². The van der Waals surface area contributed by atoms with E-state index in [-0.39, 0.29) is 24.8 Å². The molecule has 116 valence electrons. The molecular formula is C12H16Cl2O4S2-2. The molecule has 2 aromatic carbocycles. The van der Waals surface area contributed by atoms with Crippen molar-refractivity contribution in [2.45, 2.75) is 0 Å². The zero-order valence-corrected chi connectivity index (χ0v) is 13.7. The number of benzene rings is 2. The minimum atomic E-state index is -1.08. The summed E-state index contributed by atoms with van der Waals surface area (Å²) in [4.78, 5) is 0. The molecule has 2 rings (SSSR count). The maximum atomic E-state index is 8.35. The summed E-state index contributed by atoms with van der Waals surface area (Å²) in [5.41, 5.74) is 0. The summed E-state index contributed by atoms with van der Waals surface area (Å²) in [7, 11) is 0. The molecule has 0 saturated carbocycles. The first-order valence-corrected chi connectivity index (χ1v) is 6.19. The SMILES string of the molecule is Cl.Cl.O=[SH-]=O.O=[SH-]=O.c1ccccc1.c1ccccc1.